The Kier molecular flexibility index (Phi) is 5.19. The third-order valence-electron chi connectivity index (χ3n) is 5.05. The molecule has 0 bridgehead atoms. The number of hydrogen-bond acceptors (Lipinski definition) is 5. The lowest BCUT2D eigenvalue weighted by Gasteiger charge is -2.31. The van der Waals surface area contributed by atoms with Crippen molar-refractivity contribution in [3.05, 3.63) is 58.0 Å². The van der Waals surface area contributed by atoms with E-state index in [9.17, 15) is 19.8 Å². The fourth-order valence-electron chi connectivity index (χ4n) is 3.27. The van der Waals surface area contributed by atoms with Crippen LogP contribution in [0.1, 0.15) is 37.6 Å². The molecule has 1 aromatic heterocycles. The topological polar surface area (TPSA) is 99.6 Å². The highest BCUT2D eigenvalue weighted by Crippen LogP contribution is 2.32. The monoisotopic (exact) mass is 369 g/mol. The maximum Gasteiger partial charge on any atom is 0.262 e. The molecule has 3 rings (SSSR count). The van der Waals surface area contributed by atoms with E-state index in [1.807, 2.05) is 20.8 Å². The number of Topliss-reactive ketones (excluding diaryl/α,β-unsaturated/α-hetero) is 1. The van der Waals surface area contributed by atoms with E-state index in [1.165, 1.54) is 18.3 Å². The van der Waals surface area contributed by atoms with Gasteiger partial charge in [0.25, 0.3) is 5.56 Å². The van der Waals surface area contributed by atoms with Gasteiger partial charge in [-0.05, 0) is 37.1 Å². The van der Waals surface area contributed by atoms with E-state index in [0.717, 1.165) is 5.57 Å². The number of benzene rings is 1. The van der Waals surface area contributed by atoms with Crippen LogP contribution in [0.25, 0.3) is 11.1 Å². The van der Waals surface area contributed by atoms with Gasteiger partial charge in [0.05, 0.1) is 12.2 Å². The third-order valence-corrected chi connectivity index (χ3v) is 5.05. The Balaban J connectivity index is 1.93. The molecule has 2 aromatic rings. The van der Waals surface area contributed by atoms with Crippen molar-refractivity contribution >= 4 is 5.78 Å². The highest BCUT2D eigenvalue weighted by Gasteiger charge is 2.29. The molecule has 1 aliphatic rings. The number of carbonyl (C=O) groups excluding carboxylic acids is 1. The maximum absolute atomic E-state index is 12.8. The van der Waals surface area contributed by atoms with Gasteiger partial charge in [-0.3, -0.25) is 9.59 Å². The van der Waals surface area contributed by atoms with Crippen LogP contribution in [0.2, 0.25) is 0 Å². The Morgan fingerprint density at radius 2 is 1.85 bits per heavy atom. The molecule has 0 unspecified atom stereocenters. The van der Waals surface area contributed by atoms with Crippen LogP contribution in [0.3, 0.4) is 0 Å². The SMILES string of the molecule is CC1=C[C@H](C)[C@H](C)O[C@H]1CC(=O)c1c(O)c(-c2ccc(O)cc2)c[nH]c1=O. The summed E-state index contributed by atoms with van der Waals surface area (Å²) in [4.78, 5) is 27.5. The van der Waals surface area contributed by atoms with Gasteiger partial charge in [0, 0.05) is 24.1 Å². The second kappa shape index (κ2) is 7.40. The average molecular weight is 369 g/mol. The van der Waals surface area contributed by atoms with E-state index in [2.05, 4.69) is 11.1 Å². The smallest absolute Gasteiger partial charge is 0.262 e. The number of ether oxygens (including phenoxy) is 1. The Bertz CT molecular complexity index is 942. The first-order valence-corrected chi connectivity index (χ1v) is 8.89. The van der Waals surface area contributed by atoms with Gasteiger partial charge in [-0.25, -0.2) is 0 Å². The van der Waals surface area contributed by atoms with Crippen molar-refractivity contribution in [2.75, 3.05) is 0 Å². The largest absolute Gasteiger partial charge is 0.508 e. The van der Waals surface area contributed by atoms with Gasteiger partial charge < -0.3 is 19.9 Å². The normalized spacial score (nSPS) is 22.3. The summed E-state index contributed by atoms with van der Waals surface area (Å²) < 4.78 is 5.90. The number of aromatic hydroxyl groups is 2. The molecule has 0 saturated carbocycles. The molecule has 142 valence electrons. The molecular weight excluding hydrogens is 346 g/mol. The summed E-state index contributed by atoms with van der Waals surface area (Å²) in [5.74, 6) is -0.507. The van der Waals surface area contributed by atoms with E-state index < -0.39 is 17.4 Å². The van der Waals surface area contributed by atoms with Crippen molar-refractivity contribution in [1.82, 2.24) is 4.98 Å². The van der Waals surface area contributed by atoms with Crippen LogP contribution in [0.5, 0.6) is 11.5 Å². The Hall–Kier alpha value is -2.86. The number of carbonyl (C=O) groups is 1. The number of aromatic nitrogens is 1. The molecule has 6 heteroatoms. The highest BCUT2D eigenvalue weighted by molar-refractivity contribution is 6.00. The maximum atomic E-state index is 12.8. The molecule has 0 spiro atoms. The Morgan fingerprint density at radius 3 is 2.52 bits per heavy atom. The second-order valence-corrected chi connectivity index (χ2v) is 7.03. The molecule has 3 N–H and O–H groups in total. The van der Waals surface area contributed by atoms with Gasteiger partial charge in [-0.15, -0.1) is 0 Å². The third kappa shape index (κ3) is 3.80. The molecular formula is C21H23NO5. The molecule has 0 radical (unpaired) electrons. The molecule has 1 aromatic carbocycles. The van der Waals surface area contributed by atoms with Crippen molar-refractivity contribution < 1.29 is 19.7 Å². The Morgan fingerprint density at radius 1 is 1.19 bits per heavy atom. The average Bonchev–Trinajstić information content (AvgIpc) is 2.61. The number of nitrogens with one attached hydrogen (secondary N) is 1. The molecule has 3 atom stereocenters. The van der Waals surface area contributed by atoms with Gasteiger partial charge in [0.2, 0.25) is 0 Å². The van der Waals surface area contributed by atoms with Crippen LogP contribution >= 0.6 is 0 Å². The molecule has 27 heavy (non-hydrogen) atoms. The lowest BCUT2D eigenvalue weighted by molar-refractivity contribution is -0.0141. The standard InChI is InChI=1S/C21H23NO5/c1-11-8-12(2)18(27-13(11)3)9-17(24)19-20(25)16(10-22-21(19)26)14-4-6-15(23)7-5-14/h4-8,10-11,13,18,23H,9H2,1-3H3,(H2,22,25,26)/t11-,13-,18-/m0/s1. The lowest BCUT2D eigenvalue weighted by atomic mass is 9.92. The van der Waals surface area contributed by atoms with Crippen molar-refractivity contribution in [3.63, 3.8) is 0 Å². The number of aromatic amines is 1. The number of hydrogen-bond donors (Lipinski definition) is 3. The van der Waals surface area contributed by atoms with E-state index in [0.29, 0.717) is 11.1 Å². The van der Waals surface area contributed by atoms with Crippen molar-refractivity contribution in [2.45, 2.75) is 39.4 Å². The summed E-state index contributed by atoms with van der Waals surface area (Å²) in [6.45, 7) is 5.89. The van der Waals surface area contributed by atoms with Crippen LogP contribution in [0.15, 0.2) is 46.9 Å². The highest BCUT2D eigenvalue weighted by atomic mass is 16.5. The van der Waals surface area contributed by atoms with Gasteiger partial charge >= 0.3 is 0 Å². The minimum absolute atomic E-state index is 0.0188. The number of phenolic OH excluding ortho intramolecular Hbond substituents is 1. The first-order chi connectivity index (χ1) is 12.8. The molecule has 2 heterocycles. The van der Waals surface area contributed by atoms with Gasteiger partial charge in [-0.2, -0.15) is 0 Å². The quantitative estimate of drug-likeness (QED) is 0.567. The summed E-state index contributed by atoms with van der Waals surface area (Å²) in [5, 5.41) is 20.0. The predicted molar refractivity (Wildman–Crippen MR) is 102 cm³/mol. The zero-order valence-electron chi connectivity index (χ0n) is 15.5. The number of pyridine rings is 1. The van der Waals surface area contributed by atoms with Crippen LogP contribution < -0.4 is 5.56 Å². The van der Waals surface area contributed by atoms with Crippen LogP contribution in [0, 0.1) is 5.92 Å². The molecule has 0 fully saturated rings. The summed E-state index contributed by atoms with van der Waals surface area (Å²) in [5.41, 5.74) is 0.918. The van der Waals surface area contributed by atoms with Crippen LogP contribution in [-0.2, 0) is 4.74 Å². The summed E-state index contributed by atoms with van der Waals surface area (Å²) in [6, 6.07) is 6.12. The number of ketones is 1. The minimum Gasteiger partial charge on any atom is -0.508 e. The molecule has 0 saturated heterocycles. The van der Waals surface area contributed by atoms with Crippen molar-refractivity contribution in [2.24, 2.45) is 5.92 Å². The molecule has 0 amide bonds. The van der Waals surface area contributed by atoms with Crippen LogP contribution in [0.4, 0.5) is 0 Å². The zero-order valence-corrected chi connectivity index (χ0v) is 15.5. The Labute approximate surface area is 157 Å². The van der Waals surface area contributed by atoms with Crippen molar-refractivity contribution in [3.8, 4) is 22.6 Å². The van der Waals surface area contributed by atoms with E-state index in [4.69, 9.17) is 4.74 Å². The van der Waals surface area contributed by atoms with E-state index >= 15 is 0 Å². The van der Waals surface area contributed by atoms with Gasteiger partial charge in [-0.1, -0.05) is 25.1 Å². The van der Waals surface area contributed by atoms with E-state index in [-0.39, 0.29) is 35.5 Å². The predicted octanol–water partition coefficient (Wildman–Crippen LogP) is 3.40. The van der Waals surface area contributed by atoms with Crippen LogP contribution in [-0.4, -0.2) is 33.2 Å². The molecule has 1 aliphatic heterocycles. The number of phenols is 1. The van der Waals surface area contributed by atoms with Gasteiger partial charge in [0.15, 0.2) is 5.78 Å². The minimum atomic E-state index is -0.640. The molecule has 0 aliphatic carbocycles. The van der Waals surface area contributed by atoms with Crippen molar-refractivity contribution in [1.29, 1.82) is 0 Å². The fourth-order valence-corrected chi connectivity index (χ4v) is 3.27. The van der Waals surface area contributed by atoms with E-state index in [1.54, 1.807) is 12.1 Å². The second-order valence-electron chi connectivity index (χ2n) is 7.03. The lowest BCUT2D eigenvalue weighted by Crippen LogP contribution is -2.33. The fraction of sp³-hybridized carbons (Fsp3) is 0.333. The molecule has 6 nitrogen and oxygen atoms in total. The summed E-state index contributed by atoms with van der Waals surface area (Å²) in [7, 11) is 0. The summed E-state index contributed by atoms with van der Waals surface area (Å²) in [6.07, 6.45) is 2.96. The number of rotatable bonds is 4. The number of H-pyrrole nitrogens is 1. The van der Waals surface area contributed by atoms with Gasteiger partial charge in [0.1, 0.15) is 17.1 Å². The zero-order chi connectivity index (χ0) is 19.7. The first-order valence-electron chi connectivity index (χ1n) is 8.89. The summed E-state index contributed by atoms with van der Waals surface area (Å²) >= 11 is 0. The first kappa shape index (κ1) is 18.9.